The Morgan fingerprint density at radius 3 is 1.42 bits per heavy atom. The number of rotatable bonds is 0. The van der Waals surface area contributed by atoms with E-state index in [1.165, 1.54) is 0 Å². The van der Waals surface area contributed by atoms with Gasteiger partial charge in [-0.2, -0.15) is 0 Å². The summed E-state index contributed by atoms with van der Waals surface area (Å²) in [7, 11) is 0. The van der Waals surface area contributed by atoms with E-state index in [1.54, 1.807) is 0 Å². The van der Waals surface area contributed by atoms with Gasteiger partial charge in [-0.25, -0.2) is 10.4 Å². The Morgan fingerprint density at radius 2 is 1.33 bits per heavy atom. The third-order valence-electron chi connectivity index (χ3n) is 0.265. The maximum Gasteiger partial charge on any atom is 0.472 e. The minimum absolute atomic E-state index is 0.458. The van der Waals surface area contributed by atoms with Crippen LogP contribution in [0.5, 0.6) is 0 Å². The third kappa shape index (κ3) is 46.8. The summed E-state index contributed by atoms with van der Waals surface area (Å²) in [6, 6.07) is 0. The van der Waals surface area contributed by atoms with Crippen LogP contribution in [0, 0.1) is 15.7 Å². The minimum Gasteiger partial charge on any atom is -0.367 e. The summed E-state index contributed by atoms with van der Waals surface area (Å²) in [6.07, 6.45) is 0. The van der Waals surface area contributed by atoms with Gasteiger partial charge in [0.15, 0.2) is 0 Å². The molecule has 0 aromatic carbocycles. The van der Waals surface area contributed by atoms with Crippen molar-refractivity contribution in [1.29, 1.82) is 10.8 Å². The van der Waals surface area contributed by atoms with E-state index in [0.29, 0.717) is 0 Å². The van der Waals surface area contributed by atoms with Crippen molar-refractivity contribution in [3.8, 4) is 0 Å². The molecule has 0 bridgehead atoms. The fourth-order valence-corrected chi connectivity index (χ4v) is 0.108. The van der Waals surface area contributed by atoms with Gasteiger partial charge < -0.3 is 11.5 Å². The van der Waals surface area contributed by atoms with E-state index < -0.39 is 17.0 Å². The average molecular weight is 178 g/mol. The number of hydrogen-bond donors (Lipinski definition) is 6. The highest BCUT2D eigenvalue weighted by Crippen LogP contribution is 1.68. The van der Waals surface area contributed by atoms with Crippen LogP contribution in [0.15, 0.2) is 10.2 Å². The highest BCUT2D eigenvalue weighted by atomic mass is 16.9. The van der Waals surface area contributed by atoms with Crippen molar-refractivity contribution in [3.63, 3.8) is 0 Å². The lowest BCUT2D eigenvalue weighted by Gasteiger charge is -1.80. The van der Waals surface area contributed by atoms with Crippen molar-refractivity contribution in [3.05, 3.63) is 4.91 Å². The summed E-state index contributed by atoms with van der Waals surface area (Å²) in [5, 5.41) is 31.4. The number of guanidine groups is 2. The molecule has 0 aliphatic carbocycles. The normalized spacial score (nSPS) is 8.33. The molecule has 0 aliphatic heterocycles. The Balaban J connectivity index is 0. The summed E-state index contributed by atoms with van der Waals surface area (Å²) in [5.41, 5.74) is 9.42. The van der Waals surface area contributed by atoms with E-state index in [-0.39, 0.29) is 0 Å². The van der Waals surface area contributed by atoms with Crippen molar-refractivity contribution >= 4 is 11.9 Å². The Kier molecular flexibility index (Phi) is 7.09. The van der Waals surface area contributed by atoms with Gasteiger partial charge in [0.1, 0.15) is 4.91 Å². The topological polar surface area (TPSA) is 185 Å². The number of nitrogens with two attached hydrogens (primary N) is 2. The van der Waals surface area contributed by atoms with Crippen LogP contribution in [0.2, 0.25) is 0 Å². The van der Waals surface area contributed by atoms with Crippen LogP contribution in [0.3, 0.4) is 0 Å². The Bertz CT molecular complexity index is 189. The highest BCUT2D eigenvalue weighted by Gasteiger charge is 1.79. The summed E-state index contributed by atoms with van der Waals surface area (Å²) in [6.45, 7) is 0. The monoisotopic (exact) mass is 178 g/mol. The largest absolute Gasteiger partial charge is 0.472 e. The second-order valence-corrected chi connectivity index (χ2v) is 1.22. The molecule has 0 fully saturated rings. The van der Waals surface area contributed by atoms with Crippen molar-refractivity contribution in [2.24, 2.45) is 21.7 Å². The molecule has 0 saturated heterocycles. The zero-order valence-corrected chi connectivity index (χ0v) is 5.80. The zero-order chi connectivity index (χ0) is 10.1. The van der Waals surface area contributed by atoms with E-state index in [9.17, 15) is 0 Å². The number of nitrogens with one attached hydrogen (secondary N) is 2. The minimum atomic E-state index is -1.25. The van der Waals surface area contributed by atoms with Crippen LogP contribution in [-0.2, 0) is 0 Å². The molecule has 0 saturated carbocycles. The molecule has 0 atom stereocenters. The van der Waals surface area contributed by atoms with Crippen molar-refractivity contribution in [2.45, 2.75) is 0 Å². The SMILES string of the molecule is N=C(N)/N=N/C(=N)N.O=[N+](O)O. The molecule has 0 spiro atoms. The molecular weight excluding hydrogens is 170 g/mol. The van der Waals surface area contributed by atoms with Gasteiger partial charge in [-0.3, -0.25) is 10.8 Å². The molecule has 10 nitrogen and oxygen atoms in total. The maximum absolute atomic E-state index is 8.47. The van der Waals surface area contributed by atoms with Crippen LogP contribution < -0.4 is 11.5 Å². The Labute approximate surface area is 66.0 Å². The van der Waals surface area contributed by atoms with Gasteiger partial charge in [0.25, 0.3) is 0 Å². The predicted molar refractivity (Wildman–Crippen MR) is 35.9 cm³/mol. The zero-order valence-electron chi connectivity index (χ0n) is 5.80. The molecule has 0 radical (unpaired) electrons. The standard InChI is InChI=1S/C2H6N6.H2NO3/c3-1(4)7-8-2(5)6;2-1(3)4/h(H3,3,4)(H3,5,6);(H2,2,3,4)/q;+1/b8-7+;. The summed E-state index contributed by atoms with van der Waals surface area (Å²) in [4.78, 5) is 8.47. The number of hydrogen-bond acceptors (Lipinski definition) is 3. The van der Waals surface area contributed by atoms with Gasteiger partial charge in [0.2, 0.25) is 11.9 Å². The first-order valence-electron chi connectivity index (χ1n) is 2.31. The molecule has 0 aromatic heterocycles. The lowest BCUT2D eigenvalue weighted by Crippen LogP contribution is -2.09. The number of nitrogens with zero attached hydrogens (tertiary/aromatic N) is 3. The van der Waals surface area contributed by atoms with Crippen molar-refractivity contribution in [2.75, 3.05) is 0 Å². The fraction of sp³-hybridized carbons (Fsp3) is 0. The molecule has 0 aliphatic rings. The van der Waals surface area contributed by atoms with Gasteiger partial charge in [0.05, 0.1) is 0 Å². The van der Waals surface area contributed by atoms with Crippen LogP contribution >= 0.6 is 0 Å². The Hall–Kier alpha value is -2.26. The summed E-state index contributed by atoms with van der Waals surface area (Å²) < 4.78 is 0. The molecule has 68 valence electrons. The van der Waals surface area contributed by atoms with Gasteiger partial charge in [-0.15, -0.1) is 10.2 Å². The van der Waals surface area contributed by atoms with Gasteiger partial charge in [-0.1, -0.05) is 0 Å². The molecule has 0 aromatic rings. The van der Waals surface area contributed by atoms with Crippen LogP contribution in [0.25, 0.3) is 0 Å². The van der Waals surface area contributed by atoms with E-state index in [1.807, 2.05) is 0 Å². The van der Waals surface area contributed by atoms with Gasteiger partial charge in [-0.05, 0) is 0 Å². The van der Waals surface area contributed by atoms with E-state index in [4.69, 9.17) is 37.6 Å². The first-order chi connectivity index (χ1) is 5.36. The first-order valence-corrected chi connectivity index (χ1v) is 2.31. The smallest absolute Gasteiger partial charge is 0.367 e. The highest BCUT2D eigenvalue weighted by molar-refractivity contribution is 5.79. The molecule has 8 N–H and O–H groups in total. The first kappa shape index (κ1) is 12.4. The summed E-state index contributed by atoms with van der Waals surface area (Å²) in [5.74, 6) is -0.916. The molecule has 0 rings (SSSR count). The van der Waals surface area contributed by atoms with Crippen LogP contribution in [-0.4, -0.2) is 27.4 Å². The van der Waals surface area contributed by atoms with Crippen molar-refractivity contribution in [1.82, 2.24) is 0 Å². The second-order valence-electron chi connectivity index (χ2n) is 1.22. The molecule has 0 unspecified atom stereocenters. The molecule has 0 heterocycles. The van der Waals surface area contributed by atoms with Crippen molar-refractivity contribution < 1.29 is 15.5 Å². The molecule has 12 heavy (non-hydrogen) atoms. The van der Waals surface area contributed by atoms with Crippen LogP contribution in [0.1, 0.15) is 0 Å². The predicted octanol–water partition coefficient (Wildman–Crippen LogP) is -1.23. The van der Waals surface area contributed by atoms with Crippen LogP contribution in [0.4, 0.5) is 0 Å². The lowest BCUT2D eigenvalue weighted by molar-refractivity contribution is -0.969. The second kappa shape index (κ2) is 6.85. The number of azo groups is 1. The van der Waals surface area contributed by atoms with E-state index in [2.05, 4.69) is 10.2 Å². The summed E-state index contributed by atoms with van der Waals surface area (Å²) >= 11 is 0. The maximum atomic E-state index is 8.47. The molecule has 10 heteroatoms. The fourth-order valence-electron chi connectivity index (χ4n) is 0.108. The lowest BCUT2D eigenvalue weighted by atomic mass is 11.1. The van der Waals surface area contributed by atoms with E-state index in [0.717, 1.165) is 0 Å². The van der Waals surface area contributed by atoms with E-state index >= 15 is 0 Å². The molecule has 0 amide bonds. The third-order valence-corrected chi connectivity index (χ3v) is 0.265. The average Bonchev–Trinajstić information content (AvgIpc) is 1.82. The Morgan fingerprint density at radius 1 is 1.17 bits per heavy atom. The van der Waals surface area contributed by atoms with Gasteiger partial charge in [0, 0.05) is 0 Å². The molecular formula is C2H8N7O3+. The van der Waals surface area contributed by atoms with Gasteiger partial charge >= 0.3 is 5.09 Å². The quantitative estimate of drug-likeness (QED) is 0.117.